The number of nitrogens with zero attached hydrogens (tertiary/aromatic N) is 4. The number of rotatable bonds is 2. The second-order valence-corrected chi connectivity index (χ2v) is 4.95. The lowest BCUT2D eigenvalue weighted by molar-refractivity contribution is -0.382. The Balaban J connectivity index is 2.14. The van der Waals surface area contributed by atoms with Gasteiger partial charge in [-0.05, 0) is 29.2 Å². The lowest BCUT2D eigenvalue weighted by Crippen LogP contribution is -2.24. The van der Waals surface area contributed by atoms with E-state index in [1.54, 1.807) is 6.07 Å². The molecule has 0 unspecified atom stereocenters. The first-order valence-corrected chi connectivity index (χ1v) is 6.62. The summed E-state index contributed by atoms with van der Waals surface area (Å²) in [7, 11) is 0. The van der Waals surface area contributed by atoms with Crippen molar-refractivity contribution in [3.05, 3.63) is 16.2 Å². The third kappa shape index (κ3) is 2.02. The van der Waals surface area contributed by atoms with Crippen LogP contribution in [0.15, 0.2) is 10.7 Å². The van der Waals surface area contributed by atoms with Crippen LogP contribution in [0, 0.1) is 10.1 Å². The molecule has 0 atom stereocenters. The van der Waals surface area contributed by atoms with Crippen molar-refractivity contribution in [1.82, 2.24) is 10.3 Å². The summed E-state index contributed by atoms with van der Waals surface area (Å²) in [6.45, 7) is 1.78. The standard InChI is InChI=1S/C12H15N5O3/c13-8-7-9(16-5-3-1-2-4-6-16)10-11(15-20-14-10)12(8)17(18)19/h7H,1-6,13H2. The zero-order valence-electron chi connectivity index (χ0n) is 10.9. The lowest BCUT2D eigenvalue weighted by Gasteiger charge is -2.22. The fourth-order valence-electron chi connectivity index (χ4n) is 2.68. The highest BCUT2D eigenvalue weighted by Crippen LogP contribution is 2.37. The smallest absolute Gasteiger partial charge is 0.323 e. The fraction of sp³-hybridized carbons (Fsp3) is 0.500. The molecule has 0 bridgehead atoms. The van der Waals surface area contributed by atoms with E-state index in [0.29, 0.717) is 5.52 Å². The summed E-state index contributed by atoms with van der Waals surface area (Å²) in [5, 5.41) is 18.5. The number of hydrogen-bond acceptors (Lipinski definition) is 7. The highest BCUT2D eigenvalue weighted by Gasteiger charge is 2.26. The highest BCUT2D eigenvalue weighted by atomic mass is 16.6. The van der Waals surface area contributed by atoms with E-state index in [2.05, 4.69) is 19.8 Å². The summed E-state index contributed by atoms with van der Waals surface area (Å²) in [5.74, 6) is 0. The van der Waals surface area contributed by atoms with E-state index in [1.807, 2.05) is 0 Å². The van der Waals surface area contributed by atoms with Gasteiger partial charge in [0.15, 0.2) is 5.52 Å². The Kier molecular flexibility index (Phi) is 3.13. The molecule has 0 aliphatic carbocycles. The van der Waals surface area contributed by atoms with Crippen LogP contribution in [0.3, 0.4) is 0 Å². The number of nitro benzene ring substituents is 1. The van der Waals surface area contributed by atoms with E-state index in [1.165, 1.54) is 12.8 Å². The molecule has 1 aromatic heterocycles. The molecule has 0 radical (unpaired) electrons. The van der Waals surface area contributed by atoms with Gasteiger partial charge in [-0.3, -0.25) is 10.1 Å². The summed E-state index contributed by atoms with van der Waals surface area (Å²) < 4.78 is 4.69. The molecule has 1 fully saturated rings. The molecule has 8 nitrogen and oxygen atoms in total. The molecule has 2 aromatic rings. The maximum atomic E-state index is 11.1. The third-order valence-electron chi connectivity index (χ3n) is 3.65. The van der Waals surface area contributed by atoms with E-state index >= 15 is 0 Å². The maximum Gasteiger partial charge on any atom is 0.323 e. The highest BCUT2D eigenvalue weighted by molar-refractivity contribution is 5.99. The van der Waals surface area contributed by atoms with Crippen molar-refractivity contribution >= 4 is 28.1 Å². The van der Waals surface area contributed by atoms with Crippen molar-refractivity contribution in [3.8, 4) is 0 Å². The number of fused-ring (bicyclic) bond motifs is 1. The predicted molar refractivity (Wildman–Crippen MR) is 73.6 cm³/mol. The van der Waals surface area contributed by atoms with Gasteiger partial charge in [-0.1, -0.05) is 12.8 Å². The molecule has 106 valence electrons. The summed E-state index contributed by atoms with van der Waals surface area (Å²) in [5.41, 5.74) is 6.97. The molecule has 0 amide bonds. The van der Waals surface area contributed by atoms with Crippen LogP contribution in [0.5, 0.6) is 0 Å². The number of hydrogen-bond donors (Lipinski definition) is 1. The molecule has 1 aromatic carbocycles. The lowest BCUT2D eigenvalue weighted by atomic mass is 10.1. The Labute approximate surface area is 114 Å². The van der Waals surface area contributed by atoms with Crippen LogP contribution < -0.4 is 10.6 Å². The fourth-order valence-corrected chi connectivity index (χ4v) is 2.68. The Morgan fingerprint density at radius 2 is 1.85 bits per heavy atom. The zero-order chi connectivity index (χ0) is 14.1. The first kappa shape index (κ1) is 12.6. The zero-order valence-corrected chi connectivity index (χ0v) is 10.9. The topological polar surface area (TPSA) is 111 Å². The van der Waals surface area contributed by atoms with E-state index in [4.69, 9.17) is 5.73 Å². The molecular weight excluding hydrogens is 262 g/mol. The first-order chi connectivity index (χ1) is 9.68. The molecule has 0 spiro atoms. The molecular formula is C12H15N5O3. The minimum absolute atomic E-state index is 0.0949. The van der Waals surface area contributed by atoms with E-state index in [-0.39, 0.29) is 16.9 Å². The third-order valence-corrected chi connectivity index (χ3v) is 3.65. The quantitative estimate of drug-likeness (QED) is 0.508. The average Bonchev–Trinajstić information content (AvgIpc) is 2.72. The van der Waals surface area contributed by atoms with Crippen LogP contribution in [0.2, 0.25) is 0 Å². The van der Waals surface area contributed by atoms with Crippen molar-refractivity contribution < 1.29 is 9.55 Å². The van der Waals surface area contributed by atoms with Gasteiger partial charge in [0.25, 0.3) is 0 Å². The maximum absolute atomic E-state index is 11.1. The molecule has 0 saturated carbocycles. The second-order valence-electron chi connectivity index (χ2n) is 4.95. The molecule has 1 aliphatic heterocycles. The molecule has 3 rings (SSSR count). The molecule has 8 heteroatoms. The van der Waals surface area contributed by atoms with E-state index in [0.717, 1.165) is 31.6 Å². The second kappa shape index (κ2) is 4.95. The van der Waals surface area contributed by atoms with Gasteiger partial charge in [-0.25, -0.2) is 4.63 Å². The van der Waals surface area contributed by atoms with Gasteiger partial charge >= 0.3 is 5.69 Å². The normalized spacial score (nSPS) is 16.3. The van der Waals surface area contributed by atoms with Crippen molar-refractivity contribution in [2.75, 3.05) is 23.7 Å². The summed E-state index contributed by atoms with van der Waals surface area (Å²) >= 11 is 0. The molecule has 2 heterocycles. The molecule has 1 aliphatic rings. The van der Waals surface area contributed by atoms with Gasteiger partial charge in [0, 0.05) is 13.1 Å². The molecule has 1 saturated heterocycles. The van der Waals surface area contributed by atoms with Crippen LogP contribution in [0.1, 0.15) is 25.7 Å². The number of benzene rings is 1. The minimum atomic E-state index is -0.548. The Hall–Kier alpha value is -2.38. The summed E-state index contributed by atoms with van der Waals surface area (Å²) in [6.07, 6.45) is 4.56. The van der Waals surface area contributed by atoms with Gasteiger partial charge < -0.3 is 10.6 Å². The van der Waals surface area contributed by atoms with Gasteiger partial charge in [0.1, 0.15) is 5.69 Å². The number of aromatic nitrogens is 2. The number of nitrogens with two attached hydrogens (primary N) is 1. The number of anilines is 2. The van der Waals surface area contributed by atoms with Gasteiger partial charge in [0.05, 0.1) is 10.6 Å². The van der Waals surface area contributed by atoms with Crippen LogP contribution in [-0.4, -0.2) is 28.3 Å². The average molecular weight is 277 g/mol. The first-order valence-electron chi connectivity index (χ1n) is 6.62. The Morgan fingerprint density at radius 3 is 2.50 bits per heavy atom. The number of nitro groups is 1. The van der Waals surface area contributed by atoms with Crippen LogP contribution in [-0.2, 0) is 0 Å². The minimum Gasteiger partial charge on any atom is -0.393 e. The Bertz CT molecular complexity index is 646. The van der Waals surface area contributed by atoms with Crippen molar-refractivity contribution in [1.29, 1.82) is 0 Å². The van der Waals surface area contributed by atoms with Crippen molar-refractivity contribution in [2.24, 2.45) is 0 Å². The van der Waals surface area contributed by atoms with Crippen molar-refractivity contribution in [3.63, 3.8) is 0 Å². The van der Waals surface area contributed by atoms with E-state index in [9.17, 15) is 10.1 Å². The Morgan fingerprint density at radius 1 is 1.20 bits per heavy atom. The summed E-state index contributed by atoms with van der Waals surface area (Å²) in [4.78, 5) is 12.7. The number of nitrogen functional groups attached to an aromatic ring is 1. The van der Waals surface area contributed by atoms with Gasteiger partial charge in [0.2, 0.25) is 5.52 Å². The predicted octanol–water partition coefficient (Wildman–Crippen LogP) is 2.09. The molecule has 20 heavy (non-hydrogen) atoms. The SMILES string of the molecule is Nc1cc(N2CCCCCC2)c2nonc2c1[N+](=O)[O-]. The van der Waals surface area contributed by atoms with Crippen LogP contribution in [0.4, 0.5) is 17.1 Å². The van der Waals surface area contributed by atoms with Gasteiger partial charge in [-0.15, -0.1) is 0 Å². The summed E-state index contributed by atoms with van der Waals surface area (Å²) in [6, 6.07) is 1.61. The molecule has 2 N–H and O–H groups in total. The monoisotopic (exact) mass is 277 g/mol. The van der Waals surface area contributed by atoms with Gasteiger partial charge in [-0.2, -0.15) is 0 Å². The van der Waals surface area contributed by atoms with Crippen LogP contribution in [0.25, 0.3) is 11.0 Å². The van der Waals surface area contributed by atoms with Crippen LogP contribution >= 0.6 is 0 Å². The van der Waals surface area contributed by atoms with E-state index < -0.39 is 4.92 Å². The van der Waals surface area contributed by atoms with Crippen molar-refractivity contribution in [2.45, 2.75) is 25.7 Å². The largest absolute Gasteiger partial charge is 0.393 e.